The molecule has 0 rings (SSSR count). The Hall–Kier alpha value is -0.610. The van der Waals surface area contributed by atoms with E-state index >= 15 is 0 Å². The number of primary amides is 1. The Morgan fingerprint density at radius 2 is 1.28 bits per heavy atom. The van der Waals surface area contributed by atoms with Gasteiger partial charge >= 0.3 is 0 Å². The second kappa shape index (κ2) is 16.4. The van der Waals surface area contributed by atoms with Crippen LogP contribution in [-0.4, -0.2) is 20.0 Å². The van der Waals surface area contributed by atoms with Crippen LogP contribution >= 0.6 is 0 Å². The zero-order valence-electron chi connectivity index (χ0n) is 12.5. The van der Waals surface area contributed by atoms with E-state index in [2.05, 4.69) is 6.92 Å². The molecule has 0 aliphatic heterocycles. The summed E-state index contributed by atoms with van der Waals surface area (Å²) < 4.78 is 0. The molecule has 0 aromatic heterocycles. The quantitative estimate of drug-likeness (QED) is 0.466. The van der Waals surface area contributed by atoms with Gasteiger partial charge in [0.15, 0.2) is 0 Å². The van der Waals surface area contributed by atoms with Gasteiger partial charge in [0.25, 0.3) is 0 Å². The summed E-state index contributed by atoms with van der Waals surface area (Å²) in [6.45, 7) is 2.24. The highest BCUT2D eigenvalue weighted by atomic mass is 16.5. The normalized spacial score (nSPS) is 10.1. The number of nitrogens with one attached hydrogen (secondary N) is 1. The van der Waals surface area contributed by atoms with Gasteiger partial charge in [0.05, 0.1) is 14.1 Å². The smallest absolute Gasteiger partial charge is 0.217 e. The van der Waals surface area contributed by atoms with E-state index in [1.807, 2.05) is 0 Å². The Balaban J connectivity index is 0. The zero-order chi connectivity index (χ0) is 14.2. The first-order valence-corrected chi connectivity index (χ1v) is 7.26. The standard InChI is InChI=1S/C12H25NO.C2H7NO/c1-2-3-4-5-6-7-8-9-10-11-12(13)14;1-3(2)4/h2-11H2,1H3,(H2,13,14);3H,1-2H3. The molecule has 4 heteroatoms. The van der Waals surface area contributed by atoms with Gasteiger partial charge in [-0.15, -0.1) is 0 Å². The molecule has 110 valence electrons. The minimum absolute atomic E-state index is 0.159. The molecule has 18 heavy (non-hydrogen) atoms. The number of rotatable bonds is 10. The summed E-state index contributed by atoms with van der Waals surface area (Å²) in [5, 5.41) is 9.61. The molecule has 0 atom stereocenters. The number of hydrogen-bond donors (Lipinski definition) is 2. The molecule has 0 radical (unpaired) electrons. The van der Waals surface area contributed by atoms with Crippen LogP contribution in [0.25, 0.3) is 0 Å². The predicted molar refractivity (Wildman–Crippen MR) is 77.2 cm³/mol. The predicted octanol–water partition coefficient (Wildman–Crippen LogP) is 2.02. The third-order valence-electron chi connectivity index (χ3n) is 2.53. The van der Waals surface area contributed by atoms with E-state index in [0.717, 1.165) is 12.8 Å². The highest BCUT2D eigenvalue weighted by Gasteiger charge is 1.94. The fourth-order valence-electron chi connectivity index (χ4n) is 1.61. The number of carbonyl (C=O) groups excluding carboxylic acids is 1. The second-order valence-electron chi connectivity index (χ2n) is 4.95. The number of carbonyl (C=O) groups is 1. The van der Waals surface area contributed by atoms with E-state index in [1.54, 1.807) is 0 Å². The van der Waals surface area contributed by atoms with E-state index in [0.29, 0.717) is 6.42 Å². The van der Waals surface area contributed by atoms with Gasteiger partial charge in [-0.3, -0.25) is 4.79 Å². The highest BCUT2D eigenvalue weighted by molar-refractivity contribution is 5.73. The topological polar surface area (TPSA) is 70.6 Å². The van der Waals surface area contributed by atoms with Gasteiger partial charge in [-0.05, 0) is 6.42 Å². The molecule has 0 heterocycles. The molecule has 0 aromatic carbocycles. The van der Waals surface area contributed by atoms with Crippen molar-refractivity contribution >= 4 is 5.91 Å². The Morgan fingerprint density at radius 3 is 1.61 bits per heavy atom. The summed E-state index contributed by atoms with van der Waals surface area (Å²) >= 11 is 0. The molecule has 0 aliphatic rings. The van der Waals surface area contributed by atoms with Crippen molar-refractivity contribution in [3.05, 3.63) is 5.21 Å². The molecule has 3 N–H and O–H groups in total. The summed E-state index contributed by atoms with van der Waals surface area (Å²) in [5.41, 5.74) is 5.05. The van der Waals surface area contributed by atoms with Gasteiger partial charge in [-0.2, -0.15) is 0 Å². The maximum Gasteiger partial charge on any atom is 0.217 e. The average molecular weight is 260 g/mol. The lowest BCUT2D eigenvalue weighted by molar-refractivity contribution is -0.802. The highest BCUT2D eigenvalue weighted by Crippen LogP contribution is 2.10. The van der Waals surface area contributed by atoms with Gasteiger partial charge in [0.1, 0.15) is 0 Å². The van der Waals surface area contributed by atoms with Gasteiger partial charge < -0.3 is 16.0 Å². The summed E-state index contributed by atoms with van der Waals surface area (Å²) in [4.78, 5) is 10.4. The zero-order valence-corrected chi connectivity index (χ0v) is 12.5. The first-order chi connectivity index (χ1) is 8.50. The number of hydroxylamine groups is 2. The fraction of sp³-hybridized carbons (Fsp3) is 0.929. The van der Waals surface area contributed by atoms with E-state index in [-0.39, 0.29) is 11.0 Å². The van der Waals surface area contributed by atoms with Crippen LogP contribution in [0.2, 0.25) is 0 Å². The van der Waals surface area contributed by atoms with Crippen molar-refractivity contribution in [1.82, 2.24) is 0 Å². The first kappa shape index (κ1) is 19.7. The largest absolute Gasteiger partial charge is 0.635 e. The van der Waals surface area contributed by atoms with Crippen LogP contribution in [0.5, 0.6) is 0 Å². The minimum Gasteiger partial charge on any atom is -0.635 e. The van der Waals surface area contributed by atoms with E-state index in [9.17, 15) is 10.0 Å². The Labute approximate surface area is 112 Å². The van der Waals surface area contributed by atoms with Gasteiger partial charge in [-0.1, -0.05) is 58.3 Å². The molecular formula is C14H32N2O2. The van der Waals surface area contributed by atoms with E-state index in [4.69, 9.17) is 5.73 Å². The minimum atomic E-state index is -0.159. The van der Waals surface area contributed by atoms with Crippen molar-refractivity contribution in [2.24, 2.45) is 5.73 Å². The summed E-state index contributed by atoms with van der Waals surface area (Å²) in [6, 6.07) is 0. The van der Waals surface area contributed by atoms with Crippen LogP contribution in [-0.2, 0) is 4.79 Å². The van der Waals surface area contributed by atoms with Crippen LogP contribution in [0.4, 0.5) is 0 Å². The van der Waals surface area contributed by atoms with Crippen LogP contribution < -0.4 is 10.8 Å². The third-order valence-corrected chi connectivity index (χ3v) is 2.53. The number of nitrogens with two attached hydrogens (primary N) is 1. The number of hydrogen-bond acceptors (Lipinski definition) is 2. The van der Waals surface area contributed by atoms with Crippen molar-refractivity contribution in [2.45, 2.75) is 71.1 Å². The summed E-state index contributed by atoms with van der Waals surface area (Å²) in [5.74, 6) is -0.159. The monoisotopic (exact) mass is 260 g/mol. The third kappa shape index (κ3) is 29.5. The lowest BCUT2D eigenvalue weighted by atomic mass is 10.1. The average Bonchev–Trinajstić information content (AvgIpc) is 2.26. The van der Waals surface area contributed by atoms with Crippen molar-refractivity contribution < 1.29 is 9.86 Å². The van der Waals surface area contributed by atoms with E-state index in [1.165, 1.54) is 59.0 Å². The molecular weight excluding hydrogens is 228 g/mol. The molecule has 0 saturated heterocycles. The van der Waals surface area contributed by atoms with E-state index < -0.39 is 0 Å². The summed E-state index contributed by atoms with van der Waals surface area (Å²) in [7, 11) is 3.06. The Kier molecular flexibility index (Phi) is 18.0. The second-order valence-corrected chi connectivity index (χ2v) is 4.95. The molecule has 0 saturated carbocycles. The lowest BCUT2D eigenvalue weighted by Crippen LogP contribution is -3.00. The van der Waals surface area contributed by atoms with Crippen LogP contribution in [0, 0.1) is 5.21 Å². The van der Waals surface area contributed by atoms with Crippen molar-refractivity contribution in [1.29, 1.82) is 0 Å². The first-order valence-electron chi connectivity index (χ1n) is 7.26. The fourth-order valence-corrected chi connectivity index (χ4v) is 1.61. The molecule has 0 bridgehead atoms. The maximum absolute atomic E-state index is 10.4. The van der Waals surface area contributed by atoms with Crippen LogP contribution in [0.1, 0.15) is 71.1 Å². The SMILES string of the molecule is CCCCCCCCCCCC(N)=O.C[NH+](C)[O-]. The number of quaternary nitrogens is 1. The summed E-state index contributed by atoms with van der Waals surface area (Å²) in [6.07, 6.45) is 12.1. The van der Waals surface area contributed by atoms with Crippen LogP contribution in [0.3, 0.4) is 0 Å². The van der Waals surface area contributed by atoms with Gasteiger partial charge in [0, 0.05) is 6.42 Å². The Bertz CT molecular complexity index is 170. The lowest BCUT2D eigenvalue weighted by Gasteiger charge is -2.04. The molecule has 0 aliphatic carbocycles. The Morgan fingerprint density at radius 1 is 0.944 bits per heavy atom. The molecule has 0 unspecified atom stereocenters. The van der Waals surface area contributed by atoms with Crippen molar-refractivity contribution in [3.8, 4) is 0 Å². The number of amides is 1. The maximum atomic E-state index is 10.4. The molecule has 0 spiro atoms. The molecule has 0 fully saturated rings. The molecule has 1 amide bonds. The van der Waals surface area contributed by atoms with Gasteiger partial charge in [-0.25, -0.2) is 0 Å². The van der Waals surface area contributed by atoms with Gasteiger partial charge in [0.2, 0.25) is 5.91 Å². The van der Waals surface area contributed by atoms with Crippen molar-refractivity contribution in [2.75, 3.05) is 14.1 Å². The van der Waals surface area contributed by atoms with Crippen molar-refractivity contribution in [3.63, 3.8) is 0 Å². The number of unbranched alkanes of at least 4 members (excludes halogenated alkanes) is 8. The molecule has 4 nitrogen and oxygen atoms in total. The molecule has 0 aromatic rings. The van der Waals surface area contributed by atoms with Crippen LogP contribution in [0.15, 0.2) is 0 Å².